The van der Waals surface area contributed by atoms with Crippen molar-refractivity contribution in [3.63, 3.8) is 0 Å². The Kier molecular flexibility index (Phi) is 6.22. The van der Waals surface area contributed by atoms with Crippen LogP contribution in [0, 0.1) is 0 Å². The number of alkyl halides is 1. The summed E-state index contributed by atoms with van der Waals surface area (Å²) in [6.07, 6.45) is 3.87. The maximum Gasteiger partial charge on any atom is 0.251 e. The summed E-state index contributed by atoms with van der Waals surface area (Å²) >= 11 is 5.18. The fraction of sp³-hybridized carbons (Fsp3) is 0.500. The molecule has 0 heterocycles. The van der Waals surface area contributed by atoms with Gasteiger partial charge in [0, 0.05) is 21.3 Å². The van der Waals surface area contributed by atoms with Crippen LogP contribution in [0.4, 0.5) is 0 Å². The topological polar surface area (TPSA) is 29.1 Å². The van der Waals surface area contributed by atoms with E-state index in [4.69, 9.17) is 0 Å². The minimum Gasteiger partial charge on any atom is -0.346 e. The number of thioether (sulfide) groups is 1. The molecule has 0 aliphatic rings. The fourth-order valence-electron chi connectivity index (χ4n) is 1.70. The van der Waals surface area contributed by atoms with E-state index in [2.05, 4.69) is 35.1 Å². The van der Waals surface area contributed by atoms with Crippen LogP contribution in [0.5, 0.6) is 0 Å². The van der Waals surface area contributed by atoms with Crippen LogP contribution >= 0.6 is 27.7 Å². The molecule has 0 unspecified atom stereocenters. The van der Waals surface area contributed by atoms with Crippen molar-refractivity contribution in [3.8, 4) is 0 Å². The van der Waals surface area contributed by atoms with E-state index in [0.29, 0.717) is 0 Å². The molecule has 0 aliphatic carbocycles. The SMILES string of the molecule is CCC(CC)(CBr)NC(=O)c1ccc(SC)cc1. The van der Waals surface area contributed by atoms with E-state index < -0.39 is 0 Å². The quantitative estimate of drug-likeness (QED) is 0.629. The van der Waals surface area contributed by atoms with Gasteiger partial charge in [0.25, 0.3) is 5.91 Å². The predicted molar refractivity (Wildman–Crippen MR) is 82.8 cm³/mol. The average Bonchev–Trinajstić information content (AvgIpc) is 2.45. The second-order valence-corrected chi connectivity index (χ2v) is 5.74. The van der Waals surface area contributed by atoms with E-state index >= 15 is 0 Å². The Bertz CT molecular complexity index is 379. The highest BCUT2D eigenvalue weighted by Gasteiger charge is 2.26. The molecular weight excluding hydrogens is 310 g/mol. The first kappa shape index (κ1) is 15.6. The van der Waals surface area contributed by atoms with Crippen molar-refractivity contribution in [1.29, 1.82) is 0 Å². The summed E-state index contributed by atoms with van der Waals surface area (Å²) in [4.78, 5) is 13.4. The van der Waals surface area contributed by atoms with Gasteiger partial charge in [-0.2, -0.15) is 0 Å². The van der Waals surface area contributed by atoms with Crippen LogP contribution < -0.4 is 5.32 Å². The minimum absolute atomic E-state index is 0.00537. The summed E-state index contributed by atoms with van der Waals surface area (Å²) in [5.41, 5.74) is 0.579. The highest BCUT2D eigenvalue weighted by Crippen LogP contribution is 2.20. The van der Waals surface area contributed by atoms with Crippen LogP contribution in [-0.2, 0) is 0 Å². The number of halogens is 1. The Hall–Kier alpha value is -0.480. The zero-order chi connectivity index (χ0) is 13.6. The van der Waals surface area contributed by atoms with E-state index in [9.17, 15) is 4.79 Å². The van der Waals surface area contributed by atoms with Crippen molar-refractivity contribution in [1.82, 2.24) is 5.32 Å². The number of amides is 1. The molecule has 2 nitrogen and oxygen atoms in total. The maximum absolute atomic E-state index is 12.2. The maximum atomic E-state index is 12.2. The fourth-order valence-corrected chi connectivity index (χ4v) is 3.05. The lowest BCUT2D eigenvalue weighted by Crippen LogP contribution is -2.49. The van der Waals surface area contributed by atoms with Crippen LogP contribution in [0.15, 0.2) is 29.2 Å². The zero-order valence-electron chi connectivity index (χ0n) is 11.1. The molecule has 0 aliphatic heterocycles. The summed E-state index contributed by atoms with van der Waals surface area (Å²) in [5, 5.41) is 3.92. The number of benzene rings is 1. The van der Waals surface area contributed by atoms with E-state index in [0.717, 1.165) is 23.7 Å². The molecule has 0 saturated heterocycles. The van der Waals surface area contributed by atoms with Gasteiger partial charge in [0.2, 0.25) is 0 Å². The highest BCUT2D eigenvalue weighted by molar-refractivity contribution is 9.09. The first-order chi connectivity index (χ1) is 8.60. The molecule has 0 bridgehead atoms. The smallest absolute Gasteiger partial charge is 0.251 e. The van der Waals surface area contributed by atoms with Crippen molar-refractivity contribution in [2.45, 2.75) is 37.1 Å². The van der Waals surface area contributed by atoms with Crippen LogP contribution in [0.1, 0.15) is 37.0 Å². The van der Waals surface area contributed by atoms with Gasteiger partial charge in [0.1, 0.15) is 0 Å². The number of hydrogen-bond donors (Lipinski definition) is 1. The van der Waals surface area contributed by atoms with Gasteiger partial charge in [0.05, 0.1) is 0 Å². The molecule has 1 N–H and O–H groups in total. The third-order valence-electron chi connectivity index (χ3n) is 3.34. The Morgan fingerprint density at radius 1 is 1.28 bits per heavy atom. The van der Waals surface area contributed by atoms with Crippen LogP contribution in [-0.4, -0.2) is 23.0 Å². The Balaban J connectivity index is 2.80. The first-order valence-corrected chi connectivity index (χ1v) is 8.48. The molecule has 1 amide bonds. The average molecular weight is 330 g/mol. The Morgan fingerprint density at radius 3 is 2.22 bits per heavy atom. The minimum atomic E-state index is -0.144. The van der Waals surface area contributed by atoms with Gasteiger partial charge in [-0.25, -0.2) is 0 Å². The molecule has 0 radical (unpaired) electrons. The van der Waals surface area contributed by atoms with Gasteiger partial charge in [-0.15, -0.1) is 11.8 Å². The number of hydrogen-bond acceptors (Lipinski definition) is 2. The van der Waals surface area contributed by atoms with Gasteiger partial charge >= 0.3 is 0 Å². The van der Waals surface area contributed by atoms with E-state index in [-0.39, 0.29) is 11.4 Å². The monoisotopic (exact) mass is 329 g/mol. The molecule has 0 aromatic heterocycles. The molecule has 100 valence electrons. The molecule has 1 rings (SSSR count). The van der Waals surface area contributed by atoms with Gasteiger partial charge < -0.3 is 5.32 Å². The van der Waals surface area contributed by atoms with Crippen LogP contribution in [0.25, 0.3) is 0 Å². The highest BCUT2D eigenvalue weighted by atomic mass is 79.9. The van der Waals surface area contributed by atoms with Crippen molar-refractivity contribution >= 4 is 33.6 Å². The molecule has 18 heavy (non-hydrogen) atoms. The van der Waals surface area contributed by atoms with Crippen molar-refractivity contribution in [2.75, 3.05) is 11.6 Å². The second-order valence-electron chi connectivity index (χ2n) is 4.30. The molecule has 0 saturated carbocycles. The molecule has 0 spiro atoms. The third-order valence-corrected chi connectivity index (χ3v) is 5.16. The zero-order valence-corrected chi connectivity index (χ0v) is 13.5. The van der Waals surface area contributed by atoms with Crippen molar-refractivity contribution in [2.24, 2.45) is 0 Å². The Morgan fingerprint density at radius 2 is 1.83 bits per heavy atom. The molecule has 0 atom stereocenters. The number of rotatable bonds is 6. The summed E-state index contributed by atoms with van der Waals surface area (Å²) in [7, 11) is 0. The molecule has 0 fully saturated rings. The number of nitrogens with one attached hydrogen (secondary N) is 1. The van der Waals surface area contributed by atoms with Gasteiger partial charge in [0.15, 0.2) is 0 Å². The molecule has 4 heteroatoms. The summed E-state index contributed by atoms with van der Waals surface area (Å²) in [6, 6.07) is 7.72. The van der Waals surface area contributed by atoms with Crippen molar-refractivity contribution < 1.29 is 4.79 Å². The second kappa shape index (κ2) is 7.19. The predicted octanol–water partition coefficient (Wildman–Crippen LogP) is 4.09. The number of carbonyl (C=O) groups is 1. The summed E-state index contributed by atoms with van der Waals surface area (Å²) < 4.78 is 0. The van der Waals surface area contributed by atoms with E-state index in [1.807, 2.05) is 30.5 Å². The summed E-state index contributed by atoms with van der Waals surface area (Å²) in [6.45, 7) is 4.20. The molecule has 1 aromatic rings. The van der Waals surface area contributed by atoms with Crippen LogP contribution in [0.2, 0.25) is 0 Å². The van der Waals surface area contributed by atoms with E-state index in [1.165, 1.54) is 4.90 Å². The van der Waals surface area contributed by atoms with Gasteiger partial charge in [-0.3, -0.25) is 4.79 Å². The van der Waals surface area contributed by atoms with Gasteiger partial charge in [-0.1, -0.05) is 29.8 Å². The lowest BCUT2D eigenvalue weighted by Gasteiger charge is -2.30. The number of carbonyl (C=O) groups excluding carboxylic acids is 1. The largest absolute Gasteiger partial charge is 0.346 e. The van der Waals surface area contributed by atoms with Crippen LogP contribution in [0.3, 0.4) is 0 Å². The van der Waals surface area contributed by atoms with Gasteiger partial charge in [-0.05, 0) is 43.4 Å². The summed E-state index contributed by atoms with van der Waals surface area (Å²) in [5.74, 6) is 0.00537. The standard InChI is InChI=1S/C14H20BrNOS/c1-4-14(5-2,10-15)16-13(17)11-6-8-12(18-3)9-7-11/h6-9H,4-5,10H2,1-3H3,(H,16,17). The Labute approximate surface area is 122 Å². The molecular formula is C14H20BrNOS. The van der Waals surface area contributed by atoms with E-state index in [1.54, 1.807) is 11.8 Å². The molecule has 1 aromatic carbocycles. The normalized spacial score (nSPS) is 11.3. The third kappa shape index (κ3) is 3.75. The van der Waals surface area contributed by atoms with Crippen molar-refractivity contribution in [3.05, 3.63) is 29.8 Å². The lowest BCUT2D eigenvalue weighted by molar-refractivity contribution is 0.0903. The first-order valence-electron chi connectivity index (χ1n) is 6.13. The lowest BCUT2D eigenvalue weighted by atomic mass is 9.95.